The molecule has 0 spiro atoms. The molecule has 6 aliphatic rings. The standard InChI is InChI=1S/C40H74N2O13.C38H72N2O12/c1-16-29-40(11,48)33(44)25(6)42(14)20-21(2)18-38(9,47)35(55-37-32(52-27(8)43)28(41(12)13)17-22(3)50-37)23(4)31(24(5)36(46)53-29)54-30-19-39(10,49-15)34(45)26(7)51-30;1-15-27-38(10,46)31(42)24(6)40(13)19-20(2)17-36(8,45)33(52-35-29(41)26(39(11)12)16-21(3)48-35)22(4)30(23(5)34(44)50-27)51-28-18-37(9,47-14)32(43)25(7)49-28/h21-26,28-35,37,44-45,47-48H,16-20H2,1-15H3;20-33,35,41-43,45-46H,15-19H2,1-14H3/t21-,22-,23+,24-,25-,26+,28+,29-,30+,31+,32-,33-,34+,35-,37+,38-,39-,40-;20-,21-,22+,23-,24-,25+,26+,27-,28+,29-,30+,31-,32+,33-,35+,36-,37-,38-/m11/s1. The number of carbonyl (C=O) groups is 3. The zero-order chi connectivity index (χ0) is 81.6. The third kappa shape index (κ3) is 23.0. The molecule has 0 saturated carbocycles. The van der Waals surface area contributed by atoms with Gasteiger partial charge in [0.25, 0.3) is 0 Å². The molecular weight excluding hydrogens is 1390 g/mol. The van der Waals surface area contributed by atoms with Gasteiger partial charge in [-0.05, 0) is 190 Å². The molecular formula is C78H146N4O25. The van der Waals surface area contributed by atoms with E-state index in [2.05, 4.69) is 0 Å². The van der Waals surface area contributed by atoms with Crippen molar-refractivity contribution in [1.29, 1.82) is 0 Å². The van der Waals surface area contributed by atoms with Gasteiger partial charge >= 0.3 is 17.9 Å². The molecule has 6 aliphatic heterocycles. The van der Waals surface area contributed by atoms with Gasteiger partial charge in [0, 0.05) is 77.0 Å². The number of likely N-dealkylation sites (N-methyl/N-ethyl adjacent to an activating group) is 4. The molecule has 0 amide bonds. The average molecular weight is 1540 g/mol. The van der Waals surface area contributed by atoms with Gasteiger partial charge in [-0.2, -0.15) is 0 Å². The normalized spacial score (nSPS) is 48.5. The number of hydrogen-bond donors (Lipinski definition) is 9. The number of carbonyl (C=O) groups excluding carboxylic acids is 3. The fraction of sp³-hybridized carbons (Fsp3) is 0.962. The maximum Gasteiger partial charge on any atom is 0.311 e. The van der Waals surface area contributed by atoms with E-state index in [0.717, 1.165) is 0 Å². The van der Waals surface area contributed by atoms with Gasteiger partial charge in [-0.25, -0.2) is 0 Å². The average Bonchev–Trinajstić information content (AvgIpc) is 1.60. The topological polar surface area (TPSA) is 366 Å². The van der Waals surface area contributed by atoms with E-state index in [9.17, 15) is 60.3 Å². The van der Waals surface area contributed by atoms with Crippen LogP contribution >= 0.6 is 0 Å². The fourth-order valence-electron chi connectivity index (χ4n) is 17.8. The van der Waals surface area contributed by atoms with Crippen molar-refractivity contribution in [3.8, 4) is 0 Å². The first-order valence-corrected chi connectivity index (χ1v) is 39.2. The van der Waals surface area contributed by atoms with Crippen molar-refractivity contribution in [3.05, 3.63) is 0 Å². The summed E-state index contributed by atoms with van der Waals surface area (Å²) in [5, 5.41) is 105. The third-order valence-electron chi connectivity index (χ3n) is 24.7. The van der Waals surface area contributed by atoms with E-state index in [0.29, 0.717) is 25.9 Å². The van der Waals surface area contributed by atoms with Crippen molar-refractivity contribution in [2.24, 2.45) is 35.5 Å². The van der Waals surface area contributed by atoms with Crippen molar-refractivity contribution in [3.63, 3.8) is 0 Å². The lowest BCUT2D eigenvalue weighted by atomic mass is 9.77. The monoisotopic (exact) mass is 1540 g/mol. The second-order valence-corrected chi connectivity index (χ2v) is 34.9. The summed E-state index contributed by atoms with van der Waals surface area (Å²) in [5.74, 6) is -5.79. The summed E-state index contributed by atoms with van der Waals surface area (Å²) in [6, 6.07) is -1.63. The Hall–Kier alpha value is -2.51. The van der Waals surface area contributed by atoms with Crippen molar-refractivity contribution in [1.82, 2.24) is 19.6 Å². The Balaban J connectivity index is 0.000000384. The summed E-state index contributed by atoms with van der Waals surface area (Å²) >= 11 is 0. The Bertz CT molecular complexity index is 2750. The highest BCUT2D eigenvalue weighted by Gasteiger charge is 2.57. The molecule has 6 saturated heterocycles. The van der Waals surface area contributed by atoms with Crippen molar-refractivity contribution >= 4 is 17.9 Å². The molecule has 6 rings (SSSR count). The lowest BCUT2D eigenvalue weighted by Crippen LogP contribution is -2.61. The lowest BCUT2D eigenvalue weighted by molar-refractivity contribution is -0.318. The van der Waals surface area contributed by atoms with Crippen molar-refractivity contribution in [2.45, 2.75) is 377 Å². The summed E-state index contributed by atoms with van der Waals surface area (Å²) in [6.07, 6.45) is -16.5. The number of rotatable bonds is 15. The minimum atomic E-state index is -1.82. The Morgan fingerprint density at radius 2 is 0.850 bits per heavy atom. The summed E-state index contributed by atoms with van der Waals surface area (Å²) in [7, 11) is 14.2. The molecule has 107 heavy (non-hydrogen) atoms. The quantitative estimate of drug-likeness (QED) is 0.0811. The van der Waals surface area contributed by atoms with Gasteiger partial charge in [-0.3, -0.25) is 14.4 Å². The number of cyclic esters (lactones) is 2. The van der Waals surface area contributed by atoms with Crippen LogP contribution in [0, 0.1) is 35.5 Å². The van der Waals surface area contributed by atoms with Gasteiger partial charge in [-0.15, -0.1) is 0 Å². The predicted octanol–water partition coefficient (Wildman–Crippen LogP) is 4.37. The smallest absolute Gasteiger partial charge is 0.311 e. The van der Waals surface area contributed by atoms with E-state index in [4.69, 9.17) is 61.6 Å². The number of methoxy groups -OCH3 is 2. The van der Waals surface area contributed by atoms with Crippen LogP contribution in [0.5, 0.6) is 0 Å². The van der Waals surface area contributed by atoms with Gasteiger partial charge < -0.3 is 127 Å². The molecule has 36 atom stereocenters. The highest BCUT2D eigenvalue weighted by Crippen LogP contribution is 2.44. The van der Waals surface area contributed by atoms with Crippen LogP contribution in [0.1, 0.15) is 197 Å². The molecule has 6 heterocycles. The molecule has 29 heteroatoms. The van der Waals surface area contributed by atoms with Crippen LogP contribution in [0.25, 0.3) is 0 Å². The predicted molar refractivity (Wildman–Crippen MR) is 398 cm³/mol. The number of aliphatic hydroxyl groups excluding tert-OH is 5. The first-order chi connectivity index (χ1) is 49.2. The largest absolute Gasteiger partial charge is 0.459 e. The zero-order valence-electron chi connectivity index (χ0n) is 70.2. The molecule has 0 aromatic heterocycles. The molecule has 0 unspecified atom stereocenters. The summed E-state index contributed by atoms with van der Waals surface area (Å²) in [4.78, 5) is 48.7. The van der Waals surface area contributed by atoms with Crippen LogP contribution in [-0.2, 0) is 76.0 Å². The molecule has 0 bridgehead atoms. The van der Waals surface area contributed by atoms with E-state index >= 15 is 0 Å². The summed E-state index contributed by atoms with van der Waals surface area (Å²) in [6.45, 7) is 37.3. The van der Waals surface area contributed by atoms with E-state index in [1.165, 1.54) is 35.0 Å². The van der Waals surface area contributed by atoms with Crippen LogP contribution in [0.15, 0.2) is 0 Å². The number of esters is 3. The second-order valence-electron chi connectivity index (χ2n) is 34.9. The maximum atomic E-state index is 14.3. The fourth-order valence-corrected chi connectivity index (χ4v) is 17.8. The van der Waals surface area contributed by atoms with Crippen LogP contribution in [0.3, 0.4) is 0 Å². The van der Waals surface area contributed by atoms with Gasteiger partial charge in [0.1, 0.15) is 53.9 Å². The first kappa shape index (κ1) is 95.1. The Kier molecular flexibility index (Phi) is 34.4. The molecule has 0 aromatic carbocycles. The molecule has 0 aromatic rings. The van der Waals surface area contributed by atoms with Gasteiger partial charge in [0.15, 0.2) is 31.3 Å². The molecule has 29 nitrogen and oxygen atoms in total. The minimum absolute atomic E-state index is 0.115. The first-order valence-electron chi connectivity index (χ1n) is 39.2. The van der Waals surface area contributed by atoms with E-state index in [1.807, 2.05) is 103 Å². The number of aliphatic hydroxyl groups is 9. The molecule has 6 fully saturated rings. The maximum absolute atomic E-state index is 14.3. The number of ether oxygens (including phenoxy) is 13. The number of hydrogen-bond acceptors (Lipinski definition) is 29. The van der Waals surface area contributed by atoms with Crippen LogP contribution < -0.4 is 0 Å². The summed E-state index contributed by atoms with van der Waals surface area (Å²) < 4.78 is 81.4. The minimum Gasteiger partial charge on any atom is -0.459 e. The van der Waals surface area contributed by atoms with Gasteiger partial charge in [0.2, 0.25) is 0 Å². The zero-order valence-corrected chi connectivity index (χ0v) is 70.2. The molecule has 9 N–H and O–H groups in total. The van der Waals surface area contributed by atoms with E-state index in [-0.39, 0.29) is 74.7 Å². The number of nitrogens with zero attached hydrogens (tertiary/aromatic N) is 4. The van der Waals surface area contributed by atoms with E-state index < -0.39 is 198 Å². The molecule has 628 valence electrons. The van der Waals surface area contributed by atoms with Gasteiger partial charge in [0.05, 0.1) is 89.1 Å². The Morgan fingerprint density at radius 3 is 1.19 bits per heavy atom. The highest BCUT2D eigenvalue weighted by atomic mass is 16.7. The van der Waals surface area contributed by atoms with Crippen LogP contribution in [-0.4, -0.2) is 334 Å². The SMILES string of the molecule is CC[C@H]1OC(=O)[C@H](C)[C@@H](O[C@H]2C[C@@](C)(OC)[C@@H](O)[C@H](C)O2)[C@H](C)[C@@H](O[C@@H]2O[C@H](C)C[C@H](N(C)C)[C@H]2O)[C@](C)(O)C[C@@H](C)CN(C)[C@H](C)[C@@H](O)[C@]1(C)O.CC[C@H]1OC(=O)[C@H](C)[C@@H](O[C@H]2C[C@@](C)(OC)[C@@H](O)[C@H](C)O2)[C@H](C)[C@@H](O[C@@H]2O[C@H](C)C[C@H](N(C)C)[C@H]2OC(C)=O)[C@](C)(O)C[C@@H](C)CN(C)[C@H](C)[C@@H](O)[C@]1(C)O. The van der Waals surface area contributed by atoms with Crippen LogP contribution in [0.4, 0.5) is 0 Å². The third-order valence-corrected chi connectivity index (χ3v) is 24.7. The lowest BCUT2D eigenvalue weighted by Gasteiger charge is -2.49. The van der Waals surface area contributed by atoms with Gasteiger partial charge in [-0.1, -0.05) is 41.5 Å². The Morgan fingerprint density at radius 1 is 0.505 bits per heavy atom. The Labute approximate surface area is 639 Å². The van der Waals surface area contributed by atoms with Crippen LogP contribution in [0.2, 0.25) is 0 Å². The molecule has 0 aliphatic carbocycles. The van der Waals surface area contributed by atoms with Crippen molar-refractivity contribution in [2.75, 3.05) is 69.6 Å². The summed E-state index contributed by atoms with van der Waals surface area (Å²) in [5.41, 5.74) is -8.83. The second kappa shape index (κ2) is 38.8. The molecule has 0 radical (unpaired) electrons. The highest BCUT2D eigenvalue weighted by molar-refractivity contribution is 5.73. The van der Waals surface area contributed by atoms with Crippen molar-refractivity contribution < 1.29 is 122 Å². The van der Waals surface area contributed by atoms with E-state index in [1.54, 1.807) is 83.1 Å².